The number of hydrogen-bond acceptors (Lipinski definition) is 6. The van der Waals surface area contributed by atoms with Gasteiger partial charge in [-0.05, 0) is 81.1 Å². The Morgan fingerprint density at radius 1 is 1.13 bits per heavy atom. The highest BCUT2D eigenvalue weighted by atomic mass is 19.4. The lowest BCUT2D eigenvalue weighted by Gasteiger charge is -2.23. The molecule has 2 aromatic carbocycles. The first kappa shape index (κ1) is 28.2. The summed E-state index contributed by atoms with van der Waals surface area (Å²) in [5.41, 5.74) is 3.05. The predicted molar refractivity (Wildman–Crippen MR) is 137 cm³/mol. The number of carbonyl (C=O) groups is 2. The molecule has 1 aromatic heterocycles. The van der Waals surface area contributed by atoms with Gasteiger partial charge in [0, 0.05) is 30.8 Å². The second-order valence-corrected chi connectivity index (χ2v) is 9.55. The van der Waals surface area contributed by atoms with Gasteiger partial charge in [0.1, 0.15) is 18.1 Å². The van der Waals surface area contributed by atoms with Crippen LogP contribution in [0.3, 0.4) is 0 Å². The number of halogens is 3. The molecule has 208 valence electrons. The summed E-state index contributed by atoms with van der Waals surface area (Å²) in [4.78, 5) is 32.3. The third-order valence-electron chi connectivity index (χ3n) is 6.30. The van der Waals surface area contributed by atoms with Crippen molar-refractivity contribution >= 4 is 11.8 Å². The minimum atomic E-state index is -4.73. The van der Waals surface area contributed by atoms with Gasteiger partial charge in [-0.15, -0.1) is 13.2 Å². The lowest BCUT2D eigenvalue weighted by molar-refractivity contribution is -0.274. The van der Waals surface area contributed by atoms with Crippen LogP contribution in [0.5, 0.6) is 5.75 Å². The minimum absolute atomic E-state index is 0.167. The maximum absolute atomic E-state index is 13.4. The van der Waals surface area contributed by atoms with Gasteiger partial charge in [-0.1, -0.05) is 12.1 Å². The molecule has 0 spiro atoms. The Hall–Kier alpha value is -3.86. The highest BCUT2D eigenvalue weighted by Crippen LogP contribution is 2.33. The number of alkyl halides is 3. The fourth-order valence-corrected chi connectivity index (χ4v) is 4.60. The lowest BCUT2D eigenvalue weighted by atomic mass is 10.0. The summed E-state index contributed by atoms with van der Waals surface area (Å²) in [5.74, 6) is -0.191. The van der Waals surface area contributed by atoms with E-state index >= 15 is 0 Å². The van der Waals surface area contributed by atoms with E-state index in [4.69, 9.17) is 4.42 Å². The highest BCUT2D eigenvalue weighted by Gasteiger charge is 2.34. The van der Waals surface area contributed by atoms with Crippen LogP contribution in [0, 0.1) is 13.8 Å². The maximum atomic E-state index is 13.4. The molecular formula is C28H31F3N4O4. The molecular weight excluding hydrogens is 513 g/mol. The highest BCUT2D eigenvalue weighted by molar-refractivity contribution is 6.00. The smallest absolute Gasteiger partial charge is 0.446 e. The number of likely N-dealkylation sites (tertiary alicyclic amines) is 1. The monoisotopic (exact) mass is 544 g/mol. The average Bonchev–Trinajstić information content (AvgIpc) is 3.53. The Bertz CT molecular complexity index is 1310. The Kier molecular flexibility index (Phi) is 8.90. The molecule has 1 aliphatic heterocycles. The normalized spacial score (nSPS) is 15.4. The van der Waals surface area contributed by atoms with Crippen LogP contribution in [0.25, 0.3) is 0 Å². The summed E-state index contributed by atoms with van der Waals surface area (Å²) >= 11 is 0. The van der Waals surface area contributed by atoms with Gasteiger partial charge in [0.15, 0.2) is 0 Å². The van der Waals surface area contributed by atoms with E-state index in [1.807, 2.05) is 13.8 Å². The standard InChI is InChI=1S/C28H31F3N4O4/c1-18-12-21(15-22(13-18)27(37)35-11-4-8-24(35)26-34-19(2)17-38-26)25(36)33-10-5-9-32-16-20-6-3-7-23(14-20)39-28(29,30)31/h3,6-7,12-15,17,24,32H,4-5,8-11,16H2,1-2H3,(H,33,36). The van der Waals surface area contributed by atoms with E-state index in [1.54, 1.807) is 35.4 Å². The van der Waals surface area contributed by atoms with Crippen LogP contribution in [0.2, 0.25) is 0 Å². The zero-order chi connectivity index (χ0) is 28.0. The summed E-state index contributed by atoms with van der Waals surface area (Å²) in [6.45, 7) is 5.55. The molecule has 1 atom stereocenters. The van der Waals surface area contributed by atoms with Gasteiger partial charge in [0.2, 0.25) is 5.89 Å². The summed E-state index contributed by atoms with van der Waals surface area (Å²) in [6, 6.07) is 10.7. The van der Waals surface area contributed by atoms with Crippen molar-refractivity contribution in [3.05, 3.63) is 82.6 Å². The lowest BCUT2D eigenvalue weighted by Crippen LogP contribution is -2.31. The number of benzene rings is 2. The predicted octanol–water partition coefficient (Wildman–Crippen LogP) is 5.08. The van der Waals surface area contributed by atoms with Gasteiger partial charge in [0.25, 0.3) is 11.8 Å². The fourth-order valence-electron chi connectivity index (χ4n) is 4.60. The van der Waals surface area contributed by atoms with Crippen molar-refractivity contribution in [2.75, 3.05) is 19.6 Å². The second-order valence-electron chi connectivity index (χ2n) is 9.55. The van der Waals surface area contributed by atoms with Gasteiger partial charge in [0.05, 0.1) is 5.69 Å². The second kappa shape index (κ2) is 12.3. The number of rotatable bonds is 10. The first-order valence-corrected chi connectivity index (χ1v) is 12.8. The molecule has 1 aliphatic rings. The number of oxazole rings is 1. The summed E-state index contributed by atoms with van der Waals surface area (Å²) in [6.07, 6.45) is -0.939. The first-order chi connectivity index (χ1) is 18.6. The first-order valence-electron chi connectivity index (χ1n) is 12.8. The van der Waals surface area contributed by atoms with Crippen LogP contribution < -0.4 is 15.4 Å². The number of carbonyl (C=O) groups excluding carboxylic acids is 2. The van der Waals surface area contributed by atoms with Crippen LogP contribution >= 0.6 is 0 Å². The van der Waals surface area contributed by atoms with E-state index in [1.165, 1.54) is 18.2 Å². The molecule has 0 saturated carbocycles. The SMILES string of the molecule is Cc1cc(C(=O)NCCCNCc2cccc(OC(F)(F)F)c2)cc(C(=O)N2CCCC2c2nc(C)co2)c1. The van der Waals surface area contributed by atoms with Gasteiger partial charge in [-0.3, -0.25) is 9.59 Å². The molecule has 0 aliphatic carbocycles. The number of nitrogens with one attached hydrogen (secondary N) is 2. The number of hydrogen-bond donors (Lipinski definition) is 2. The molecule has 39 heavy (non-hydrogen) atoms. The number of aryl methyl sites for hydroxylation is 2. The van der Waals surface area contributed by atoms with Crippen molar-refractivity contribution in [1.82, 2.24) is 20.5 Å². The van der Waals surface area contributed by atoms with E-state index < -0.39 is 6.36 Å². The molecule has 3 aromatic rings. The molecule has 1 saturated heterocycles. The van der Waals surface area contributed by atoms with E-state index in [9.17, 15) is 22.8 Å². The summed E-state index contributed by atoms with van der Waals surface area (Å²) in [7, 11) is 0. The fraction of sp³-hybridized carbons (Fsp3) is 0.393. The Balaban J connectivity index is 1.26. The van der Waals surface area contributed by atoms with Crippen molar-refractivity contribution in [2.45, 2.75) is 52.1 Å². The minimum Gasteiger partial charge on any atom is -0.446 e. The molecule has 1 unspecified atom stereocenters. The third-order valence-corrected chi connectivity index (χ3v) is 6.30. The van der Waals surface area contributed by atoms with Gasteiger partial charge in [-0.25, -0.2) is 4.98 Å². The van der Waals surface area contributed by atoms with E-state index in [0.29, 0.717) is 55.2 Å². The molecule has 0 radical (unpaired) electrons. The van der Waals surface area contributed by atoms with Crippen LogP contribution in [-0.2, 0) is 6.54 Å². The zero-order valence-electron chi connectivity index (χ0n) is 21.8. The largest absolute Gasteiger partial charge is 0.573 e. The molecule has 0 bridgehead atoms. The Labute approximate surface area is 224 Å². The van der Waals surface area contributed by atoms with Crippen molar-refractivity contribution < 1.29 is 31.9 Å². The van der Waals surface area contributed by atoms with E-state index in [2.05, 4.69) is 20.4 Å². The van der Waals surface area contributed by atoms with Crippen molar-refractivity contribution in [1.29, 1.82) is 0 Å². The quantitative estimate of drug-likeness (QED) is 0.346. The van der Waals surface area contributed by atoms with Gasteiger partial charge < -0.3 is 24.7 Å². The number of nitrogens with zero attached hydrogens (tertiary/aromatic N) is 2. The number of ether oxygens (including phenoxy) is 1. The zero-order valence-corrected chi connectivity index (χ0v) is 21.8. The van der Waals surface area contributed by atoms with Crippen LogP contribution in [0.4, 0.5) is 13.2 Å². The third kappa shape index (κ3) is 7.82. The topological polar surface area (TPSA) is 96.7 Å². The van der Waals surface area contributed by atoms with Crippen molar-refractivity contribution in [3.63, 3.8) is 0 Å². The van der Waals surface area contributed by atoms with E-state index in [0.717, 1.165) is 24.1 Å². The summed E-state index contributed by atoms with van der Waals surface area (Å²) < 4.78 is 46.7. The molecule has 8 nitrogen and oxygen atoms in total. The maximum Gasteiger partial charge on any atom is 0.573 e. The van der Waals surface area contributed by atoms with Gasteiger partial charge in [-0.2, -0.15) is 0 Å². The molecule has 2 N–H and O–H groups in total. The van der Waals surface area contributed by atoms with Crippen LogP contribution in [0.15, 0.2) is 53.1 Å². The molecule has 2 amide bonds. The van der Waals surface area contributed by atoms with E-state index in [-0.39, 0.29) is 23.6 Å². The Morgan fingerprint density at radius 2 is 1.92 bits per heavy atom. The molecule has 11 heteroatoms. The number of amides is 2. The average molecular weight is 545 g/mol. The number of aromatic nitrogens is 1. The van der Waals surface area contributed by atoms with Crippen LogP contribution in [0.1, 0.15) is 68.7 Å². The van der Waals surface area contributed by atoms with Crippen LogP contribution in [-0.4, -0.2) is 47.7 Å². The molecule has 2 heterocycles. The summed E-state index contributed by atoms with van der Waals surface area (Å²) in [5, 5.41) is 6.00. The van der Waals surface area contributed by atoms with Gasteiger partial charge >= 0.3 is 6.36 Å². The van der Waals surface area contributed by atoms with Crippen molar-refractivity contribution in [3.8, 4) is 5.75 Å². The van der Waals surface area contributed by atoms with Crippen molar-refractivity contribution in [2.24, 2.45) is 0 Å². The molecule has 1 fully saturated rings. The molecule has 4 rings (SSSR count). The Morgan fingerprint density at radius 3 is 2.67 bits per heavy atom.